The molecule has 2 aliphatic rings. The molecule has 0 unspecified atom stereocenters. The quantitative estimate of drug-likeness (QED) is 0.842. The van der Waals surface area contributed by atoms with Crippen molar-refractivity contribution in [3.8, 4) is 6.07 Å². The minimum atomic E-state index is -0.417. The Balaban J connectivity index is 2.13. The lowest BCUT2D eigenvalue weighted by molar-refractivity contribution is -0.117. The van der Waals surface area contributed by atoms with Crippen LogP contribution < -0.4 is 5.73 Å². The summed E-state index contributed by atoms with van der Waals surface area (Å²) in [6, 6.07) is 10.0. The van der Waals surface area contributed by atoms with Crippen molar-refractivity contribution in [3.63, 3.8) is 0 Å². The van der Waals surface area contributed by atoms with Gasteiger partial charge in [0, 0.05) is 23.3 Å². The molecule has 4 nitrogen and oxygen atoms in total. The normalized spacial score (nSPS) is 24.1. The molecule has 1 aromatic carbocycles. The van der Waals surface area contributed by atoms with Crippen molar-refractivity contribution in [1.29, 1.82) is 5.26 Å². The van der Waals surface area contributed by atoms with Gasteiger partial charge in [-0.2, -0.15) is 5.26 Å². The third-order valence-electron chi connectivity index (χ3n) is 4.31. The van der Waals surface area contributed by atoms with Crippen molar-refractivity contribution < 1.29 is 9.53 Å². The molecule has 3 rings (SSSR count). The highest BCUT2D eigenvalue weighted by atomic mass is 32.2. The number of rotatable bonds is 2. The fraction of sp³-hybridized carbons (Fsp3) is 0.333. The van der Waals surface area contributed by atoms with E-state index in [4.69, 9.17) is 10.5 Å². The molecule has 1 heterocycles. The zero-order valence-electron chi connectivity index (χ0n) is 13.1. The summed E-state index contributed by atoms with van der Waals surface area (Å²) in [6.07, 6.45) is 3.18. The van der Waals surface area contributed by atoms with Crippen LogP contribution in [0.3, 0.4) is 0 Å². The molecule has 1 aliphatic heterocycles. The van der Waals surface area contributed by atoms with Gasteiger partial charge in [0.2, 0.25) is 5.88 Å². The second kappa shape index (κ2) is 6.13. The number of carbonyl (C=O) groups is 1. The molecule has 0 fully saturated rings. The monoisotopic (exact) mass is 326 g/mol. The number of thioether (sulfide) groups is 1. The SMILES string of the molecule is CSc1ccc([C@@H]2C(C#N)=C(N)OC3=C2C(=O)C[C@@H](C)C3)cc1. The molecule has 118 valence electrons. The lowest BCUT2D eigenvalue weighted by Gasteiger charge is -2.33. The Morgan fingerprint density at radius 1 is 1.30 bits per heavy atom. The third kappa shape index (κ3) is 2.75. The zero-order valence-corrected chi connectivity index (χ0v) is 13.9. The Morgan fingerprint density at radius 3 is 2.61 bits per heavy atom. The molecule has 0 saturated carbocycles. The summed E-state index contributed by atoms with van der Waals surface area (Å²) >= 11 is 1.65. The average Bonchev–Trinajstić information content (AvgIpc) is 2.53. The number of benzene rings is 1. The van der Waals surface area contributed by atoms with Crippen molar-refractivity contribution in [2.24, 2.45) is 11.7 Å². The summed E-state index contributed by atoms with van der Waals surface area (Å²) in [5, 5.41) is 9.52. The van der Waals surface area contributed by atoms with Crippen LogP contribution >= 0.6 is 11.8 Å². The largest absolute Gasteiger partial charge is 0.444 e. The fourth-order valence-corrected chi connectivity index (χ4v) is 3.63. The summed E-state index contributed by atoms with van der Waals surface area (Å²) in [7, 11) is 0. The van der Waals surface area contributed by atoms with Crippen LogP contribution in [0.4, 0.5) is 0 Å². The van der Waals surface area contributed by atoms with Crippen LogP contribution in [0.5, 0.6) is 0 Å². The number of ketones is 1. The second-order valence-electron chi connectivity index (χ2n) is 5.97. The fourth-order valence-electron chi connectivity index (χ4n) is 3.22. The summed E-state index contributed by atoms with van der Waals surface area (Å²) in [5.74, 6) is 0.617. The smallest absolute Gasteiger partial charge is 0.205 e. The summed E-state index contributed by atoms with van der Waals surface area (Å²) in [5.41, 5.74) is 7.79. The van der Waals surface area contributed by atoms with Gasteiger partial charge in [0.15, 0.2) is 5.78 Å². The maximum Gasteiger partial charge on any atom is 0.205 e. The van der Waals surface area contributed by atoms with E-state index >= 15 is 0 Å². The number of nitrogens with two attached hydrogens (primary N) is 1. The Hall–Kier alpha value is -2.19. The number of Topliss-reactive ketones (excluding diaryl/α,β-unsaturated/α-hetero) is 1. The predicted octanol–water partition coefficient (Wildman–Crippen LogP) is 3.47. The first kappa shape index (κ1) is 15.7. The minimum absolute atomic E-state index is 0.0537. The summed E-state index contributed by atoms with van der Waals surface area (Å²) < 4.78 is 5.62. The predicted molar refractivity (Wildman–Crippen MR) is 89.3 cm³/mol. The van der Waals surface area contributed by atoms with Gasteiger partial charge in [0.25, 0.3) is 0 Å². The van der Waals surface area contributed by atoms with Gasteiger partial charge in [0.1, 0.15) is 17.4 Å². The first-order valence-corrected chi connectivity index (χ1v) is 8.75. The van der Waals surface area contributed by atoms with Crippen LogP contribution in [-0.2, 0) is 9.53 Å². The van der Waals surface area contributed by atoms with E-state index in [0.29, 0.717) is 29.7 Å². The molecule has 0 bridgehead atoms. The van der Waals surface area contributed by atoms with Crippen molar-refractivity contribution in [2.75, 3.05) is 6.26 Å². The van der Waals surface area contributed by atoms with Crippen LogP contribution in [0, 0.1) is 17.2 Å². The van der Waals surface area contributed by atoms with Crippen molar-refractivity contribution >= 4 is 17.5 Å². The van der Waals surface area contributed by atoms with E-state index in [-0.39, 0.29) is 17.6 Å². The van der Waals surface area contributed by atoms with Crippen LogP contribution in [0.1, 0.15) is 31.2 Å². The molecular weight excluding hydrogens is 308 g/mol. The second-order valence-corrected chi connectivity index (χ2v) is 6.85. The first-order chi connectivity index (χ1) is 11.0. The molecule has 0 saturated heterocycles. The molecule has 0 radical (unpaired) electrons. The van der Waals surface area contributed by atoms with E-state index in [1.807, 2.05) is 37.4 Å². The first-order valence-electron chi connectivity index (χ1n) is 7.53. The van der Waals surface area contributed by atoms with E-state index < -0.39 is 5.92 Å². The van der Waals surface area contributed by atoms with Crippen LogP contribution in [0.2, 0.25) is 0 Å². The van der Waals surface area contributed by atoms with Gasteiger partial charge in [-0.05, 0) is 29.9 Å². The number of hydrogen-bond donors (Lipinski definition) is 1. The van der Waals surface area contributed by atoms with Crippen molar-refractivity contribution in [1.82, 2.24) is 0 Å². The van der Waals surface area contributed by atoms with E-state index in [1.165, 1.54) is 0 Å². The summed E-state index contributed by atoms with van der Waals surface area (Å²) in [6.45, 7) is 2.02. The van der Waals surface area contributed by atoms with E-state index in [9.17, 15) is 10.1 Å². The number of carbonyl (C=O) groups excluding carboxylic acids is 1. The highest BCUT2D eigenvalue weighted by molar-refractivity contribution is 7.98. The van der Waals surface area contributed by atoms with Crippen LogP contribution in [0.25, 0.3) is 0 Å². The molecule has 0 spiro atoms. The molecule has 0 amide bonds. The Bertz CT molecular complexity index is 756. The Morgan fingerprint density at radius 2 is 2.00 bits per heavy atom. The standard InChI is InChI=1S/C18H18N2O2S/c1-10-7-14(21)17-15(8-10)22-18(20)13(9-19)16(17)11-3-5-12(23-2)6-4-11/h3-6,10,16H,7-8,20H2,1-2H3/t10-,16-/m1/s1. The van der Waals surface area contributed by atoms with Crippen molar-refractivity contribution in [2.45, 2.75) is 30.6 Å². The van der Waals surface area contributed by atoms with Crippen LogP contribution in [0.15, 0.2) is 51.9 Å². The maximum atomic E-state index is 12.6. The highest BCUT2D eigenvalue weighted by Crippen LogP contribution is 2.44. The zero-order chi connectivity index (χ0) is 16.6. The van der Waals surface area contributed by atoms with Gasteiger partial charge in [-0.25, -0.2) is 0 Å². The van der Waals surface area contributed by atoms with Gasteiger partial charge < -0.3 is 10.5 Å². The van der Waals surface area contributed by atoms with Gasteiger partial charge in [-0.15, -0.1) is 11.8 Å². The van der Waals surface area contributed by atoms with E-state index in [1.54, 1.807) is 11.8 Å². The molecular formula is C18H18N2O2S. The van der Waals surface area contributed by atoms with Gasteiger partial charge in [0.05, 0.1) is 5.92 Å². The third-order valence-corrected chi connectivity index (χ3v) is 5.06. The molecule has 1 aliphatic carbocycles. The minimum Gasteiger partial charge on any atom is -0.444 e. The molecule has 5 heteroatoms. The molecule has 2 N–H and O–H groups in total. The lowest BCUT2D eigenvalue weighted by atomic mass is 9.75. The van der Waals surface area contributed by atoms with Gasteiger partial charge in [-0.3, -0.25) is 4.79 Å². The van der Waals surface area contributed by atoms with Gasteiger partial charge >= 0.3 is 0 Å². The maximum absolute atomic E-state index is 12.6. The topological polar surface area (TPSA) is 76.1 Å². The number of nitriles is 1. The van der Waals surface area contributed by atoms with Crippen LogP contribution in [-0.4, -0.2) is 12.0 Å². The molecule has 23 heavy (non-hydrogen) atoms. The highest BCUT2D eigenvalue weighted by Gasteiger charge is 2.39. The average molecular weight is 326 g/mol. The molecule has 2 atom stereocenters. The molecule has 0 aromatic heterocycles. The van der Waals surface area contributed by atoms with Crippen molar-refractivity contribution in [3.05, 3.63) is 52.6 Å². The molecule has 1 aromatic rings. The number of ether oxygens (including phenoxy) is 1. The summed E-state index contributed by atoms with van der Waals surface area (Å²) in [4.78, 5) is 13.7. The van der Waals surface area contributed by atoms with Gasteiger partial charge in [-0.1, -0.05) is 19.1 Å². The van der Waals surface area contributed by atoms with E-state index in [2.05, 4.69) is 6.07 Å². The lowest BCUT2D eigenvalue weighted by Crippen LogP contribution is -2.29. The number of nitrogens with zero attached hydrogens (tertiary/aromatic N) is 1. The van der Waals surface area contributed by atoms with E-state index in [0.717, 1.165) is 10.5 Å². The Kier molecular flexibility index (Phi) is 4.18. The number of allylic oxidation sites excluding steroid dienone is 3. The Labute approximate surface area is 140 Å². The number of hydrogen-bond acceptors (Lipinski definition) is 5.